The molecule has 0 bridgehead atoms. The van der Waals surface area contributed by atoms with Gasteiger partial charge in [0.15, 0.2) is 5.75 Å². The molecule has 3 heteroatoms. The van der Waals surface area contributed by atoms with Crippen LogP contribution in [0, 0.1) is 5.92 Å². The molecule has 4 N–H and O–H groups in total. The van der Waals surface area contributed by atoms with Gasteiger partial charge in [-0.15, -0.1) is 0 Å². The van der Waals surface area contributed by atoms with Crippen LogP contribution in [-0.4, -0.2) is 0 Å². The molecule has 0 aliphatic heterocycles. The van der Waals surface area contributed by atoms with E-state index in [9.17, 15) is 0 Å². The molecule has 2 rings (SSSR count). The summed E-state index contributed by atoms with van der Waals surface area (Å²) < 4.78 is 5.81. The molecule has 3 nitrogen and oxygen atoms in total. The summed E-state index contributed by atoms with van der Waals surface area (Å²) in [6.45, 7) is 4.40. The summed E-state index contributed by atoms with van der Waals surface area (Å²) in [5, 5.41) is 0. The second-order valence-electron chi connectivity index (χ2n) is 5.11. The van der Waals surface area contributed by atoms with Crippen LogP contribution in [0.25, 0.3) is 0 Å². The number of para-hydroxylation sites is 1. The number of nitrogens with two attached hydrogens (primary N) is 2. The molecule has 0 atom stereocenters. The molecule has 0 unspecified atom stereocenters. The Labute approximate surface area is 114 Å². The molecule has 100 valence electrons. The highest BCUT2D eigenvalue weighted by Gasteiger charge is 2.06. The minimum Gasteiger partial charge on any atom is -0.455 e. The maximum atomic E-state index is 5.90. The van der Waals surface area contributed by atoms with Crippen molar-refractivity contribution in [3.8, 4) is 11.5 Å². The van der Waals surface area contributed by atoms with Crippen molar-refractivity contribution in [2.75, 3.05) is 11.5 Å². The van der Waals surface area contributed by atoms with E-state index < -0.39 is 0 Å². The third-order valence-electron chi connectivity index (χ3n) is 2.87. The average Bonchev–Trinajstić information content (AvgIpc) is 2.35. The van der Waals surface area contributed by atoms with Crippen LogP contribution in [0.3, 0.4) is 0 Å². The molecule has 0 spiro atoms. The third kappa shape index (κ3) is 3.41. The fourth-order valence-electron chi connectivity index (χ4n) is 1.98. The zero-order valence-electron chi connectivity index (χ0n) is 11.4. The Morgan fingerprint density at radius 1 is 1.05 bits per heavy atom. The van der Waals surface area contributed by atoms with Crippen LogP contribution in [0.15, 0.2) is 42.5 Å². The van der Waals surface area contributed by atoms with Crippen molar-refractivity contribution in [3.05, 3.63) is 48.0 Å². The van der Waals surface area contributed by atoms with Crippen LogP contribution >= 0.6 is 0 Å². The predicted octanol–water partition coefficient (Wildman–Crippen LogP) is 3.84. The lowest BCUT2D eigenvalue weighted by Gasteiger charge is -2.11. The van der Waals surface area contributed by atoms with Gasteiger partial charge in [0.1, 0.15) is 5.75 Å². The number of hydrogen-bond acceptors (Lipinski definition) is 3. The van der Waals surface area contributed by atoms with Crippen LogP contribution in [-0.2, 0) is 6.42 Å². The molecule has 2 aromatic carbocycles. The van der Waals surface area contributed by atoms with Crippen molar-refractivity contribution >= 4 is 11.4 Å². The van der Waals surface area contributed by atoms with Crippen LogP contribution in [0.5, 0.6) is 11.5 Å². The number of rotatable bonds is 4. The Bertz CT molecular complexity index is 564. The first-order valence-electron chi connectivity index (χ1n) is 6.47. The molecule has 0 saturated heterocycles. The van der Waals surface area contributed by atoms with E-state index in [0.29, 0.717) is 23.0 Å². The number of hydrogen-bond donors (Lipinski definition) is 2. The summed E-state index contributed by atoms with van der Waals surface area (Å²) in [6, 6.07) is 13.5. The quantitative estimate of drug-likeness (QED) is 0.817. The molecule has 0 saturated carbocycles. The van der Waals surface area contributed by atoms with Gasteiger partial charge in [-0.25, -0.2) is 0 Å². The summed E-state index contributed by atoms with van der Waals surface area (Å²) in [7, 11) is 0. The van der Waals surface area contributed by atoms with E-state index in [4.69, 9.17) is 16.2 Å². The van der Waals surface area contributed by atoms with Gasteiger partial charge in [-0.3, -0.25) is 0 Å². The highest BCUT2D eigenvalue weighted by atomic mass is 16.5. The zero-order valence-corrected chi connectivity index (χ0v) is 11.4. The Morgan fingerprint density at radius 3 is 2.53 bits per heavy atom. The summed E-state index contributed by atoms with van der Waals surface area (Å²) in [5.41, 5.74) is 13.9. The van der Waals surface area contributed by atoms with Gasteiger partial charge in [-0.2, -0.15) is 0 Å². The van der Waals surface area contributed by atoms with E-state index in [0.717, 1.165) is 12.2 Å². The van der Waals surface area contributed by atoms with Crippen molar-refractivity contribution in [1.82, 2.24) is 0 Å². The summed E-state index contributed by atoms with van der Waals surface area (Å²) in [4.78, 5) is 0. The minimum absolute atomic E-state index is 0.483. The highest BCUT2D eigenvalue weighted by Crippen LogP contribution is 2.31. The Balaban J connectivity index is 2.21. The monoisotopic (exact) mass is 256 g/mol. The molecular weight excluding hydrogens is 236 g/mol. The Hall–Kier alpha value is -2.16. The van der Waals surface area contributed by atoms with Crippen molar-refractivity contribution in [2.24, 2.45) is 5.92 Å². The lowest BCUT2D eigenvalue weighted by Crippen LogP contribution is -1.98. The summed E-state index contributed by atoms with van der Waals surface area (Å²) >= 11 is 0. The fraction of sp³-hybridized carbons (Fsp3) is 0.250. The van der Waals surface area contributed by atoms with Crippen molar-refractivity contribution < 1.29 is 4.74 Å². The third-order valence-corrected chi connectivity index (χ3v) is 2.87. The molecule has 0 aliphatic carbocycles. The summed E-state index contributed by atoms with van der Waals surface area (Å²) in [6.07, 6.45) is 1.03. The zero-order chi connectivity index (χ0) is 13.8. The van der Waals surface area contributed by atoms with Gasteiger partial charge in [-0.1, -0.05) is 32.0 Å². The molecule has 2 aromatic rings. The molecular formula is C16H20N2O. The lowest BCUT2D eigenvalue weighted by molar-refractivity contribution is 0.484. The van der Waals surface area contributed by atoms with E-state index >= 15 is 0 Å². The van der Waals surface area contributed by atoms with E-state index in [1.807, 2.05) is 30.3 Å². The van der Waals surface area contributed by atoms with Gasteiger partial charge in [-0.05, 0) is 42.2 Å². The van der Waals surface area contributed by atoms with Gasteiger partial charge in [0.25, 0.3) is 0 Å². The van der Waals surface area contributed by atoms with Gasteiger partial charge in [0.05, 0.1) is 11.4 Å². The second kappa shape index (κ2) is 5.65. The lowest BCUT2D eigenvalue weighted by atomic mass is 10.0. The predicted molar refractivity (Wildman–Crippen MR) is 80.3 cm³/mol. The number of nitrogen functional groups attached to an aromatic ring is 2. The van der Waals surface area contributed by atoms with Gasteiger partial charge >= 0.3 is 0 Å². The van der Waals surface area contributed by atoms with E-state index in [-0.39, 0.29) is 0 Å². The summed E-state index contributed by atoms with van der Waals surface area (Å²) in [5.74, 6) is 2.00. The Kier molecular flexibility index (Phi) is 3.95. The van der Waals surface area contributed by atoms with Crippen molar-refractivity contribution in [2.45, 2.75) is 20.3 Å². The van der Waals surface area contributed by atoms with Gasteiger partial charge in [0.2, 0.25) is 0 Å². The SMILES string of the molecule is CC(C)Cc1cccc(Oc2cccc(N)c2N)c1. The first-order valence-corrected chi connectivity index (χ1v) is 6.47. The maximum Gasteiger partial charge on any atom is 0.152 e. The standard InChI is InChI=1S/C16H20N2O/c1-11(2)9-12-5-3-6-13(10-12)19-15-8-4-7-14(17)16(15)18/h3-8,10-11H,9,17-18H2,1-2H3. The average molecular weight is 256 g/mol. The highest BCUT2D eigenvalue weighted by molar-refractivity contribution is 5.71. The van der Waals surface area contributed by atoms with Gasteiger partial charge in [0, 0.05) is 0 Å². The van der Waals surface area contributed by atoms with Crippen molar-refractivity contribution in [3.63, 3.8) is 0 Å². The topological polar surface area (TPSA) is 61.3 Å². The second-order valence-corrected chi connectivity index (χ2v) is 5.11. The fourth-order valence-corrected chi connectivity index (χ4v) is 1.98. The van der Waals surface area contributed by atoms with E-state index in [2.05, 4.69) is 19.9 Å². The number of benzene rings is 2. The molecule has 0 aliphatic rings. The smallest absolute Gasteiger partial charge is 0.152 e. The molecule has 19 heavy (non-hydrogen) atoms. The van der Waals surface area contributed by atoms with Crippen molar-refractivity contribution in [1.29, 1.82) is 0 Å². The van der Waals surface area contributed by atoms with Crippen LogP contribution in [0.4, 0.5) is 11.4 Å². The Morgan fingerprint density at radius 2 is 1.79 bits per heavy atom. The number of ether oxygens (including phenoxy) is 1. The number of anilines is 2. The van der Waals surface area contributed by atoms with Crippen LogP contribution < -0.4 is 16.2 Å². The first kappa shape index (κ1) is 13.3. The molecule has 0 amide bonds. The molecule has 0 aromatic heterocycles. The van der Waals surface area contributed by atoms with Gasteiger partial charge < -0.3 is 16.2 Å². The molecule has 0 radical (unpaired) electrons. The molecule has 0 heterocycles. The van der Waals surface area contributed by atoms with E-state index in [1.54, 1.807) is 6.07 Å². The molecule has 0 fully saturated rings. The maximum absolute atomic E-state index is 5.90. The largest absolute Gasteiger partial charge is 0.455 e. The van der Waals surface area contributed by atoms with Crippen LogP contribution in [0.2, 0.25) is 0 Å². The minimum atomic E-state index is 0.483. The van der Waals surface area contributed by atoms with Crippen LogP contribution in [0.1, 0.15) is 19.4 Å². The van der Waals surface area contributed by atoms with E-state index in [1.165, 1.54) is 5.56 Å². The normalized spacial score (nSPS) is 10.7. The first-order chi connectivity index (χ1) is 9.06.